The molecule has 0 saturated heterocycles. The van der Waals surface area contributed by atoms with Crippen LogP contribution in [0.4, 0.5) is 5.69 Å². The minimum absolute atomic E-state index is 0.0216. The number of halogens is 1. The summed E-state index contributed by atoms with van der Waals surface area (Å²) in [7, 11) is 1.53. The maximum atomic E-state index is 12.1. The van der Waals surface area contributed by atoms with Crippen LogP contribution in [0.25, 0.3) is 0 Å². The molecule has 1 aromatic carbocycles. The van der Waals surface area contributed by atoms with Gasteiger partial charge >= 0.3 is 0 Å². The Morgan fingerprint density at radius 2 is 1.60 bits per heavy atom. The molecule has 20 heavy (non-hydrogen) atoms. The Bertz CT molecular complexity index is 561. The molecule has 1 amide bonds. The Balaban J connectivity index is 2.00. The van der Waals surface area contributed by atoms with E-state index in [-0.39, 0.29) is 16.7 Å². The molecule has 1 aliphatic rings. The van der Waals surface area contributed by atoms with Gasteiger partial charge in [0.25, 0.3) is 9.05 Å². The second kappa shape index (κ2) is 6.59. The van der Waals surface area contributed by atoms with Crippen molar-refractivity contribution in [2.45, 2.75) is 43.4 Å². The summed E-state index contributed by atoms with van der Waals surface area (Å²) in [6.07, 6.45) is 6.46. The highest BCUT2D eigenvalue weighted by molar-refractivity contribution is 8.13. The third-order valence-electron chi connectivity index (χ3n) is 3.63. The van der Waals surface area contributed by atoms with Crippen LogP contribution in [0.3, 0.4) is 0 Å². The molecule has 0 aliphatic heterocycles. The Kier molecular flexibility index (Phi) is 5.05. The molecule has 2 rings (SSSR count). The van der Waals surface area contributed by atoms with E-state index in [9.17, 15) is 13.2 Å². The van der Waals surface area contributed by atoms with Crippen molar-refractivity contribution in [3.05, 3.63) is 24.3 Å². The number of hydrogen-bond donors (Lipinski definition) is 1. The molecule has 1 saturated carbocycles. The summed E-state index contributed by atoms with van der Waals surface area (Å²) in [4.78, 5) is 12.2. The molecule has 1 aliphatic carbocycles. The molecule has 0 spiro atoms. The topological polar surface area (TPSA) is 63.2 Å². The molecule has 110 valence electrons. The zero-order valence-electron chi connectivity index (χ0n) is 11.1. The van der Waals surface area contributed by atoms with E-state index in [4.69, 9.17) is 10.7 Å². The summed E-state index contributed by atoms with van der Waals surface area (Å²) in [5, 5.41) is 2.84. The van der Waals surface area contributed by atoms with Gasteiger partial charge in [-0.15, -0.1) is 0 Å². The summed E-state index contributed by atoms with van der Waals surface area (Å²) in [6, 6.07) is 5.91. The highest BCUT2D eigenvalue weighted by atomic mass is 35.7. The van der Waals surface area contributed by atoms with Crippen molar-refractivity contribution in [1.29, 1.82) is 0 Å². The van der Waals surface area contributed by atoms with Crippen LogP contribution in [0.1, 0.15) is 38.5 Å². The molecular weight excluding hydrogens is 298 g/mol. The number of carbonyl (C=O) groups is 1. The molecule has 0 bridgehead atoms. The van der Waals surface area contributed by atoms with Gasteiger partial charge in [0, 0.05) is 22.3 Å². The van der Waals surface area contributed by atoms with Crippen LogP contribution in [0.15, 0.2) is 29.2 Å². The molecule has 0 unspecified atom stereocenters. The lowest BCUT2D eigenvalue weighted by Gasteiger charge is -2.14. The molecule has 0 radical (unpaired) electrons. The number of nitrogens with one attached hydrogen (secondary N) is 1. The summed E-state index contributed by atoms with van der Waals surface area (Å²) < 4.78 is 22.3. The van der Waals surface area contributed by atoms with Gasteiger partial charge in [0.2, 0.25) is 5.91 Å². The molecule has 0 heterocycles. The van der Waals surface area contributed by atoms with E-state index >= 15 is 0 Å². The zero-order chi connectivity index (χ0) is 14.6. The van der Waals surface area contributed by atoms with Crippen LogP contribution in [0, 0.1) is 5.92 Å². The van der Waals surface area contributed by atoms with Crippen LogP contribution in [0.2, 0.25) is 0 Å². The van der Waals surface area contributed by atoms with Crippen molar-refractivity contribution >= 4 is 31.3 Å². The SMILES string of the molecule is O=C(Nc1ccc(S(=O)(=O)Cl)cc1)C1CCCCCC1. The average molecular weight is 316 g/mol. The fourth-order valence-electron chi connectivity index (χ4n) is 2.49. The quantitative estimate of drug-likeness (QED) is 0.685. The van der Waals surface area contributed by atoms with Gasteiger partial charge in [-0.2, -0.15) is 0 Å². The van der Waals surface area contributed by atoms with E-state index in [1.807, 2.05) is 0 Å². The lowest BCUT2D eigenvalue weighted by atomic mass is 9.99. The van der Waals surface area contributed by atoms with Crippen LogP contribution in [0.5, 0.6) is 0 Å². The Labute approximate surface area is 123 Å². The normalized spacial score (nSPS) is 17.4. The standard InChI is InChI=1S/C14H18ClNO3S/c15-20(18,19)13-9-7-12(8-10-13)16-14(17)11-5-3-1-2-4-6-11/h7-11H,1-6H2,(H,16,17). The predicted molar refractivity (Wildman–Crippen MR) is 79.3 cm³/mol. The first-order valence-corrected chi connectivity index (χ1v) is 9.13. The van der Waals surface area contributed by atoms with Gasteiger partial charge < -0.3 is 5.32 Å². The van der Waals surface area contributed by atoms with E-state index in [0.29, 0.717) is 5.69 Å². The molecule has 1 fully saturated rings. The maximum absolute atomic E-state index is 12.1. The van der Waals surface area contributed by atoms with Gasteiger partial charge in [-0.3, -0.25) is 4.79 Å². The average Bonchev–Trinajstić information content (AvgIpc) is 2.67. The van der Waals surface area contributed by atoms with Crippen molar-refractivity contribution < 1.29 is 13.2 Å². The number of carbonyl (C=O) groups excluding carboxylic acids is 1. The maximum Gasteiger partial charge on any atom is 0.261 e. The molecule has 1 aromatic rings. The molecule has 1 N–H and O–H groups in total. The van der Waals surface area contributed by atoms with E-state index < -0.39 is 9.05 Å². The van der Waals surface area contributed by atoms with E-state index in [1.54, 1.807) is 12.1 Å². The van der Waals surface area contributed by atoms with Crippen molar-refractivity contribution in [3.8, 4) is 0 Å². The first-order chi connectivity index (χ1) is 9.47. The fraction of sp³-hybridized carbons (Fsp3) is 0.500. The molecular formula is C14H18ClNO3S. The van der Waals surface area contributed by atoms with Gasteiger partial charge in [-0.25, -0.2) is 8.42 Å². The van der Waals surface area contributed by atoms with Gasteiger partial charge in [0.05, 0.1) is 4.90 Å². The number of benzene rings is 1. The van der Waals surface area contributed by atoms with Crippen molar-refractivity contribution in [2.24, 2.45) is 5.92 Å². The summed E-state index contributed by atoms with van der Waals surface area (Å²) >= 11 is 0. The second-order valence-corrected chi connectivity index (χ2v) is 7.71. The summed E-state index contributed by atoms with van der Waals surface area (Å²) in [5.74, 6) is 0.0855. The predicted octanol–water partition coefficient (Wildman–Crippen LogP) is 3.52. The molecule has 6 heteroatoms. The zero-order valence-corrected chi connectivity index (χ0v) is 12.7. The third-order valence-corrected chi connectivity index (χ3v) is 5.00. The van der Waals surface area contributed by atoms with Crippen molar-refractivity contribution in [3.63, 3.8) is 0 Å². The highest BCUT2D eigenvalue weighted by Crippen LogP contribution is 2.24. The smallest absolute Gasteiger partial charge is 0.261 e. The van der Waals surface area contributed by atoms with Crippen molar-refractivity contribution in [2.75, 3.05) is 5.32 Å². The first kappa shape index (κ1) is 15.3. The summed E-state index contributed by atoms with van der Waals surface area (Å²) in [5.41, 5.74) is 0.600. The van der Waals surface area contributed by atoms with E-state index in [0.717, 1.165) is 25.7 Å². The van der Waals surface area contributed by atoms with Crippen LogP contribution in [-0.4, -0.2) is 14.3 Å². The Morgan fingerprint density at radius 1 is 1.05 bits per heavy atom. The van der Waals surface area contributed by atoms with Gasteiger partial charge in [-0.05, 0) is 37.1 Å². The molecule has 0 atom stereocenters. The lowest BCUT2D eigenvalue weighted by Crippen LogP contribution is -2.22. The molecule has 4 nitrogen and oxygen atoms in total. The molecule has 0 aromatic heterocycles. The monoisotopic (exact) mass is 315 g/mol. The highest BCUT2D eigenvalue weighted by Gasteiger charge is 2.20. The van der Waals surface area contributed by atoms with Crippen LogP contribution in [-0.2, 0) is 13.8 Å². The van der Waals surface area contributed by atoms with Gasteiger partial charge in [0.15, 0.2) is 0 Å². The minimum Gasteiger partial charge on any atom is -0.326 e. The minimum atomic E-state index is -3.71. The van der Waals surface area contributed by atoms with E-state index in [1.165, 1.54) is 25.0 Å². The summed E-state index contributed by atoms with van der Waals surface area (Å²) in [6.45, 7) is 0. The Morgan fingerprint density at radius 3 is 2.10 bits per heavy atom. The number of rotatable bonds is 3. The van der Waals surface area contributed by atoms with E-state index in [2.05, 4.69) is 5.32 Å². The van der Waals surface area contributed by atoms with Crippen LogP contribution < -0.4 is 5.32 Å². The first-order valence-electron chi connectivity index (χ1n) is 6.82. The second-order valence-electron chi connectivity index (χ2n) is 5.14. The number of anilines is 1. The number of hydrogen-bond acceptors (Lipinski definition) is 3. The lowest BCUT2D eigenvalue weighted by molar-refractivity contribution is -0.120. The number of amides is 1. The third kappa shape index (κ3) is 4.21. The van der Waals surface area contributed by atoms with Crippen LogP contribution >= 0.6 is 10.7 Å². The van der Waals surface area contributed by atoms with Crippen molar-refractivity contribution in [1.82, 2.24) is 0 Å². The largest absolute Gasteiger partial charge is 0.326 e. The van der Waals surface area contributed by atoms with Gasteiger partial charge in [0.1, 0.15) is 0 Å². The van der Waals surface area contributed by atoms with Gasteiger partial charge in [-0.1, -0.05) is 25.7 Å². The Hall–Kier alpha value is -1.07. The fourth-order valence-corrected chi connectivity index (χ4v) is 3.26.